The largest absolute Gasteiger partial charge is 0.328 e. The lowest BCUT2D eigenvalue weighted by Gasteiger charge is -2.05. The van der Waals surface area contributed by atoms with Crippen molar-refractivity contribution in [3.05, 3.63) is 29.3 Å². The van der Waals surface area contributed by atoms with E-state index < -0.39 is 0 Å². The van der Waals surface area contributed by atoms with Crippen molar-refractivity contribution in [1.82, 2.24) is 4.98 Å². The van der Waals surface area contributed by atoms with Crippen LogP contribution in [-0.4, -0.2) is 11.0 Å². The quantitative estimate of drug-likeness (QED) is 0.860. The molecule has 0 spiro atoms. The maximum Gasteiger partial charge on any atom is 0.0939 e. The maximum atomic E-state index is 5.89. The van der Waals surface area contributed by atoms with Crippen LogP contribution in [0.4, 0.5) is 0 Å². The Kier molecular flexibility index (Phi) is 3.34. The van der Waals surface area contributed by atoms with Crippen molar-refractivity contribution in [2.75, 3.05) is 0 Å². The van der Waals surface area contributed by atoms with Gasteiger partial charge in [-0.25, -0.2) is 4.98 Å². The number of thiazole rings is 1. The fourth-order valence-electron chi connectivity index (χ4n) is 1.54. The molecule has 2 nitrogen and oxygen atoms in total. The van der Waals surface area contributed by atoms with Crippen molar-refractivity contribution >= 4 is 21.6 Å². The van der Waals surface area contributed by atoms with Crippen LogP contribution in [0.1, 0.15) is 24.8 Å². The Balaban J connectivity index is 2.09. The molecule has 2 aromatic rings. The molecule has 80 valence electrons. The number of benzene rings is 1. The third-order valence-corrected chi connectivity index (χ3v) is 3.69. The van der Waals surface area contributed by atoms with E-state index in [9.17, 15) is 0 Å². The molecule has 1 unspecified atom stereocenters. The van der Waals surface area contributed by atoms with E-state index in [1.165, 1.54) is 9.71 Å². The third kappa shape index (κ3) is 2.55. The highest BCUT2D eigenvalue weighted by Gasteiger charge is 2.05. The van der Waals surface area contributed by atoms with Crippen LogP contribution in [-0.2, 0) is 6.42 Å². The van der Waals surface area contributed by atoms with Crippen LogP contribution in [0.25, 0.3) is 10.2 Å². The van der Waals surface area contributed by atoms with Crippen LogP contribution >= 0.6 is 11.3 Å². The molecule has 0 saturated heterocycles. The molecule has 0 amide bonds. The van der Waals surface area contributed by atoms with E-state index in [4.69, 9.17) is 5.73 Å². The standard InChI is InChI=1S/C12H16N2S/c1-2-9(13)7-8-12-14-10-5-3-4-6-11(10)15-12/h3-6,9H,2,7-8,13H2,1H3. The minimum absolute atomic E-state index is 0.317. The van der Waals surface area contributed by atoms with Crippen molar-refractivity contribution in [1.29, 1.82) is 0 Å². The zero-order valence-electron chi connectivity index (χ0n) is 8.94. The van der Waals surface area contributed by atoms with E-state index in [0.717, 1.165) is 24.8 Å². The fourth-order valence-corrected chi connectivity index (χ4v) is 2.52. The van der Waals surface area contributed by atoms with Crippen LogP contribution in [0.15, 0.2) is 24.3 Å². The molecule has 15 heavy (non-hydrogen) atoms. The molecule has 0 aliphatic heterocycles. The molecule has 1 aromatic carbocycles. The summed E-state index contributed by atoms with van der Waals surface area (Å²) in [6.07, 6.45) is 3.09. The normalized spacial score (nSPS) is 13.2. The molecule has 2 rings (SSSR count). The van der Waals surface area contributed by atoms with E-state index in [2.05, 4.69) is 30.1 Å². The molecule has 0 radical (unpaired) electrons. The second kappa shape index (κ2) is 4.73. The summed E-state index contributed by atoms with van der Waals surface area (Å²) < 4.78 is 1.28. The summed E-state index contributed by atoms with van der Waals surface area (Å²) in [6.45, 7) is 2.13. The van der Waals surface area contributed by atoms with Gasteiger partial charge in [-0.15, -0.1) is 11.3 Å². The summed E-state index contributed by atoms with van der Waals surface area (Å²) in [5, 5.41) is 1.21. The van der Waals surface area contributed by atoms with Crippen LogP contribution in [0.5, 0.6) is 0 Å². The lowest BCUT2D eigenvalue weighted by molar-refractivity contribution is 0.595. The van der Waals surface area contributed by atoms with Gasteiger partial charge in [0.05, 0.1) is 15.2 Å². The molecule has 1 atom stereocenters. The first-order chi connectivity index (χ1) is 7.29. The summed E-state index contributed by atoms with van der Waals surface area (Å²) >= 11 is 1.78. The number of nitrogens with zero attached hydrogens (tertiary/aromatic N) is 1. The van der Waals surface area contributed by atoms with Crippen molar-refractivity contribution < 1.29 is 0 Å². The highest BCUT2D eigenvalue weighted by molar-refractivity contribution is 7.18. The van der Waals surface area contributed by atoms with Gasteiger partial charge in [-0.2, -0.15) is 0 Å². The number of para-hydroxylation sites is 1. The Morgan fingerprint density at radius 3 is 2.93 bits per heavy atom. The summed E-state index contributed by atoms with van der Waals surface area (Å²) in [5.41, 5.74) is 7.01. The van der Waals surface area contributed by atoms with Gasteiger partial charge in [0.1, 0.15) is 0 Å². The number of nitrogens with two attached hydrogens (primary N) is 1. The summed E-state index contributed by atoms with van der Waals surface area (Å²) in [4.78, 5) is 4.58. The van der Waals surface area contributed by atoms with Gasteiger partial charge >= 0.3 is 0 Å². The van der Waals surface area contributed by atoms with Gasteiger partial charge in [-0.1, -0.05) is 19.1 Å². The second-order valence-electron chi connectivity index (χ2n) is 3.78. The van der Waals surface area contributed by atoms with E-state index >= 15 is 0 Å². The Bertz CT molecular complexity index is 403. The highest BCUT2D eigenvalue weighted by atomic mass is 32.1. The average molecular weight is 220 g/mol. The molecular weight excluding hydrogens is 204 g/mol. The van der Waals surface area contributed by atoms with Crippen LogP contribution < -0.4 is 5.73 Å². The van der Waals surface area contributed by atoms with Crippen molar-refractivity contribution in [2.45, 2.75) is 32.2 Å². The smallest absolute Gasteiger partial charge is 0.0939 e. The molecule has 1 heterocycles. The first-order valence-electron chi connectivity index (χ1n) is 5.39. The number of aromatic nitrogens is 1. The first kappa shape index (κ1) is 10.6. The summed E-state index contributed by atoms with van der Waals surface area (Å²) in [6, 6.07) is 8.59. The topological polar surface area (TPSA) is 38.9 Å². The molecule has 2 N–H and O–H groups in total. The minimum atomic E-state index is 0.317. The van der Waals surface area contributed by atoms with Gasteiger partial charge < -0.3 is 5.73 Å². The van der Waals surface area contributed by atoms with Crippen molar-refractivity contribution in [3.8, 4) is 0 Å². The van der Waals surface area contributed by atoms with Gasteiger partial charge in [-0.3, -0.25) is 0 Å². The SMILES string of the molecule is CCC(N)CCc1nc2ccccc2s1. The van der Waals surface area contributed by atoms with E-state index in [1.54, 1.807) is 11.3 Å². The molecule has 3 heteroatoms. The van der Waals surface area contributed by atoms with Crippen molar-refractivity contribution in [3.63, 3.8) is 0 Å². The molecule has 0 saturated carbocycles. The molecule has 0 aliphatic carbocycles. The van der Waals surface area contributed by atoms with Gasteiger partial charge in [0.25, 0.3) is 0 Å². The Hall–Kier alpha value is -0.930. The summed E-state index contributed by atoms with van der Waals surface area (Å²) in [7, 11) is 0. The van der Waals surface area contributed by atoms with E-state index in [0.29, 0.717) is 6.04 Å². The average Bonchev–Trinajstić information content (AvgIpc) is 2.68. The molecule has 0 fully saturated rings. The lowest BCUT2D eigenvalue weighted by Crippen LogP contribution is -2.18. The fraction of sp³-hybridized carbons (Fsp3) is 0.417. The predicted octanol–water partition coefficient (Wildman–Crippen LogP) is 2.97. The predicted molar refractivity (Wildman–Crippen MR) is 66.2 cm³/mol. The van der Waals surface area contributed by atoms with Crippen LogP contribution in [0.2, 0.25) is 0 Å². The van der Waals surface area contributed by atoms with Gasteiger partial charge in [0.2, 0.25) is 0 Å². The van der Waals surface area contributed by atoms with Crippen molar-refractivity contribution in [2.24, 2.45) is 5.73 Å². The minimum Gasteiger partial charge on any atom is -0.328 e. The van der Waals surface area contributed by atoms with Crippen LogP contribution in [0.3, 0.4) is 0 Å². The molecular formula is C12H16N2S. The van der Waals surface area contributed by atoms with Gasteiger partial charge in [-0.05, 0) is 25.0 Å². The third-order valence-electron chi connectivity index (χ3n) is 2.59. The van der Waals surface area contributed by atoms with E-state index in [-0.39, 0.29) is 0 Å². The van der Waals surface area contributed by atoms with Gasteiger partial charge in [0.15, 0.2) is 0 Å². The first-order valence-corrected chi connectivity index (χ1v) is 6.21. The molecule has 1 aromatic heterocycles. The highest BCUT2D eigenvalue weighted by Crippen LogP contribution is 2.22. The number of hydrogen-bond acceptors (Lipinski definition) is 3. The van der Waals surface area contributed by atoms with E-state index in [1.807, 2.05) is 6.07 Å². The Morgan fingerprint density at radius 1 is 1.40 bits per heavy atom. The molecule has 0 bridgehead atoms. The second-order valence-corrected chi connectivity index (χ2v) is 4.90. The number of aryl methyl sites for hydroxylation is 1. The lowest BCUT2D eigenvalue weighted by atomic mass is 10.1. The monoisotopic (exact) mass is 220 g/mol. The number of fused-ring (bicyclic) bond motifs is 1. The molecule has 0 aliphatic rings. The van der Waals surface area contributed by atoms with Gasteiger partial charge in [0, 0.05) is 12.5 Å². The Labute approximate surface area is 94.1 Å². The maximum absolute atomic E-state index is 5.89. The number of rotatable bonds is 4. The van der Waals surface area contributed by atoms with Crippen LogP contribution in [0, 0.1) is 0 Å². The zero-order valence-corrected chi connectivity index (χ0v) is 9.76. The summed E-state index contributed by atoms with van der Waals surface area (Å²) in [5.74, 6) is 0. The zero-order chi connectivity index (χ0) is 10.7. The number of hydrogen-bond donors (Lipinski definition) is 1. The Morgan fingerprint density at radius 2 is 2.20 bits per heavy atom.